The lowest BCUT2D eigenvalue weighted by atomic mass is 9.94. The third-order valence-electron chi connectivity index (χ3n) is 1.79. The molecular formula is C8H16O4. The molecular weight excluding hydrogens is 160 g/mol. The Kier molecular flexibility index (Phi) is 4.20. The van der Waals surface area contributed by atoms with Crippen LogP contribution < -0.4 is 0 Å². The van der Waals surface area contributed by atoms with Gasteiger partial charge in [0, 0.05) is 0 Å². The molecule has 0 saturated carbocycles. The Morgan fingerprint density at radius 1 is 1.50 bits per heavy atom. The molecule has 0 aromatic rings. The van der Waals surface area contributed by atoms with E-state index in [2.05, 4.69) is 0 Å². The average Bonchev–Trinajstić information content (AvgIpc) is 1.99. The summed E-state index contributed by atoms with van der Waals surface area (Å²) in [7, 11) is 0. The van der Waals surface area contributed by atoms with Crippen LogP contribution in [0.3, 0.4) is 0 Å². The Bertz CT molecular complexity index is 155. The smallest absolute Gasteiger partial charge is 0.338 e. The molecule has 1 unspecified atom stereocenters. The number of carbonyl (C=O) groups is 1. The lowest BCUT2D eigenvalue weighted by Gasteiger charge is -2.21. The number of aliphatic carboxylic acids is 1. The van der Waals surface area contributed by atoms with Gasteiger partial charge in [0.2, 0.25) is 0 Å². The van der Waals surface area contributed by atoms with Gasteiger partial charge in [-0.3, -0.25) is 0 Å². The Labute approximate surface area is 71.8 Å². The molecule has 0 aliphatic carbocycles. The van der Waals surface area contributed by atoms with Gasteiger partial charge in [0.05, 0.1) is 6.61 Å². The zero-order valence-electron chi connectivity index (χ0n) is 7.45. The van der Waals surface area contributed by atoms with Gasteiger partial charge in [-0.25, -0.2) is 4.79 Å². The molecule has 4 nitrogen and oxygen atoms in total. The van der Waals surface area contributed by atoms with Gasteiger partial charge >= 0.3 is 5.97 Å². The van der Waals surface area contributed by atoms with Gasteiger partial charge in [-0.05, 0) is 18.8 Å². The van der Waals surface area contributed by atoms with Gasteiger partial charge in [0.25, 0.3) is 0 Å². The molecule has 0 heterocycles. The molecule has 0 aromatic heterocycles. The maximum absolute atomic E-state index is 10.5. The van der Waals surface area contributed by atoms with Gasteiger partial charge in [-0.1, -0.05) is 13.8 Å². The van der Waals surface area contributed by atoms with Crippen LogP contribution in [0.15, 0.2) is 0 Å². The van der Waals surface area contributed by atoms with E-state index in [0.717, 1.165) is 0 Å². The van der Waals surface area contributed by atoms with Crippen LogP contribution in [0.4, 0.5) is 0 Å². The van der Waals surface area contributed by atoms with Crippen LogP contribution in [0.25, 0.3) is 0 Å². The average molecular weight is 176 g/mol. The van der Waals surface area contributed by atoms with Crippen LogP contribution in [0.5, 0.6) is 0 Å². The lowest BCUT2D eigenvalue weighted by molar-refractivity contribution is -0.163. The van der Waals surface area contributed by atoms with E-state index in [4.69, 9.17) is 10.2 Å². The molecule has 0 bridgehead atoms. The fourth-order valence-electron chi connectivity index (χ4n) is 0.781. The van der Waals surface area contributed by atoms with Crippen molar-refractivity contribution in [3.8, 4) is 0 Å². The molecule has 4 heteroatoms. The SMILES string of the molecule is CC(C)CCC(O)(CO)C(=O)O. The monoisotopic (exact) mass is 176 g/mol. The zero-order valence-corrected chi connectivity index (χ0v) is 7.45. The quantitative estimate of drug-likeness (QED) is 0.560. The van der Waals surface area contributed by atoms with Crippen LogP contribution in [0.2, 0.25) is 0 Å². The topological polar surface area (TPSA) is 77.8 Å². The van der Waals surface area contributed by atoms with E-state index < -0.39 is 18.2 Å². The molecule has 0 aromatic carbocycles. The summed E-state index contributed by atoms with van der Waals surface area (Å²) in [6.07, 6.45) is 0.680. The zero-order chi connectivity index (χ0) is 9.78. The van der Waals surface area contributed by atoms with E-state index in [-0.39, 0.29) is 6.42 Å². The maximum Gasteiger partial charge on any atom is 0.338 e. The molecule has 0 fully saturated rings. The predicted octanol–water partition coefficient (Wildman–Crippen LogP) is 0.231. The number of aliphatic hydroxyl groups is 2. The Balaban J connectivity index is 4.06. The minimum Gasteiger partial charge on any atom is -0.479 e. The van der Waals surface area contributed by atoms with Crippen molar-refractivity contribution >= 4 is 5.97 Å². The van der Waals surface area contributed by atoms with Crippen LogP contribution in [0.1, 0.15) is 26.7 Å². The maximum atomic E-state index is 10.5. The van der Waals surface area contributed by atoms with E-state index in [1.807, 2.05) is 13.8 Å². The second-order valence-corrected chi connectivity index (χ2v) is 3.43. The molecule has 1 atom stereocenters. The molecule has 72 valence electrons. The Hall–Kier alpha value is -0.610. The van der Waals surface area contributed by atoms with Gasteiger partial charge in [0.1, 0.15) is 0 Å². The molecule has 0 amide bonds. The van der Waals surface area contributed by atoms with Crippen LogP contribution >= 0.6 is 0 Å². The molecule has 0 radical (unpaired) electrons. The third kappa shape index (κ3) is 3.19. The van der Waals surface area contributed by atoms with Crippen molar-refractivity contribution in [2.45, 2.75) is 32.3 Å². The third-order valence-corrected chi connectivity index (χ3v) is 1.79. The minimum absolute atomic E-state index is 0.0938. The van der Waals surface area contributed by atoms with Gasteiger partial charge < -0.3 is 15.3 Å². The second-order valence-electron chi connectivity index (χ2n) is 3.43. The first-order chi connectivity index (χ1) is 5.42. The van der Waals surface area contributed by atoms with E-state index in [1.54, 1.807) is 0 Å². The van der Waals surface area contributed by atoms with Gasteiger partial charge in [-0.2, -0.15) is 0 Å². The molecule has 0 aliphatic heterocycles. The normalized spacial score (nSPS) is 16.1. The van der Waals surface area contributed by atoms with E-state index in [0.29, 0.717) is 12.3 Å². The van der Waals surface area contributed by atoms with Crippen molar-refractivity contribution in [2.75, 3.05) is 6.61 Å². The largest absolute Gasteiger partial charge is 0.479 e. The molecule has 3 N–H and O–H groups in total. The minimum atomic E-state index is -1.95. The molecule has 0 rings (SSSR count). The highest BCUT2D eigenvalue weighted by molar-refractivity contribution is 5.77. The van der Waals surface area contributed by atoms with Gasteiger partial charge in [0.15, 0.2) is 5.60 Å². The molecule has 0 spiro atoms. The fraction of sp³-hybridized carbons (Fsp3) is 0.875. The summed E-state index contributed by atoms with van der Waals surface area (Å²) in [5.74, 6) is -1.03. The summed E-state index contributed by atoms with van der Waals surface area (Å²) >= 11 is 0. The van der Waals surface area contributed by atoms with Crippen molar-refractivity contribution in [3.63, 3.8) is 0 Å². The number of rotatable bonds is 5. The first-order valence-electron chi connectivity index (χ1n) is 3.99. The summed E-state index contributed by atoms with van der Waals surface area (Å²) in [5, 5.41) is 26.5. The summed E-state index contributed by atoms with van der Waals surface area (Å²) in [4.78, 5) is 10.5. The van der Waals surface area contributed by atoms with Crippen LogP contribution in [-0.2, 0) is 4.79 Å². The number of carboxylic acid groups (broad SMARTS) is 1. The second kappa shape index (κ2) is 4.42. The van der Waals surface area contributed by atoms with E-state index >= 15 is 0 Å². The molecule has 0 aliphatic rings. The summed E-state index contributed by atoms with van der Waals surface area (Å²) in [6.45, 7) is 3.13. The number of aliphatic hydroxyl groups excluding tert-OH is 1. The lowest BCUT2D eigenvalue weighted by Crippen LogP contribution is -2.42. The molecule has 12 heavy (non-hydrogen) atoms. The van der Waals surface area contributed by atoms with Crippen molar-refractivity contribution in [1.82, 2.24) is 0 Å². The number of carboxylic acids is 1. The summed E-state index contributed by atoms with van der Waals surface area (Å²) in [5.41, 5.74) is -1.95. The highest BCUT2D eigenvalue weighted by atomic mass is 16.4. The fourth-order valence-corrected chi connectivity index (χ4v) is 0.781. The first kappa shape index (κ1) is 11.4. The first-order valence-corrected chi connectivity index (χ1v) is 3.99. The Morgan fingerprint density at radius 2 is 2.00 bits per heavy atom. The highest BCUT2D eigenvalue weighted by Gasteiger charge is 2.34. The van der Waals surface area contributed by atoms with Crippen LogP contribution in [-0.4, -0.2) is 33.5 Å². The molecule has 0 saturated heterocycles. The van der Waals surface area contributed by atoms with Crippen molar-refractivity contribution in [1.29, 1.82) is 0 Å². The van der Waals surface area contributed by atoms with Crippen molar-refractivity contribution in [3.05, 3.63) is 0 Å². The number of hydrogen-bond donors (Lipinski definition) is 3. The van der Waals surface area contributed by atoms with Crippen molar-refractivity contribution in [2.24, 2.45) is 5.92 Å². The highest BCUT2D eigenvalue weighted by Crippen LogP contribution is 2.16. The van der Waals surface area contributed by atoms with Gasteiger partial charge in [-0.15, -0.1) is 0 Å². The Morgan fingerprint density at radius 3 is 2.25 bits per heavy atom. The van der Waals surface area contributed by atoms with Crippen LogP contribution in [0, 0.1) is 5.92 Å². The van der Waals surface area contributed by atoms with E-state index in [1.165, 1.54) is 0 Å². The van der Waals surface area contributed by atoms with E-state index in [9.17, 15) is 9.90 Å². The summed E-state index contributed by atoms with van der Waals surface area (Å²) < 4.78 is 0. The summed E-state index contributed by atoms with van der Waals surface area (Å²) in [6, 6.07) is 0. The van der Waals surface area contributed by atoms with Crippen molar-refractivity contribution < 1.29 is 20.1 Å². The predicted molar refractivity (Wildman–Crippen MR) is 43.7 cm³/mol. The number of hydrogen-bond acceptors (Lipinski definition) is 3. The standard InChI is InChI=1S/C8H16O4/c1-6(2)3-4-8(12,5-9)7(10)11/h6,9,12H,3-5H2,1-2H3,(H,10,11).